The smallest absolute Gasteiger partial charge is 0.0702 e. The molecule has 0 saturated carbocycles. The number of hydrogen-bond donors (Lipinski definition) is 0. The minimum absolute atomic E-state index is 1.09. The van der Waals surface area contributed by atoms with Crippen molar-refractivity contribution in [3.63, 3.8) is 0 Å². The molecule has 0 amide bonds. The highest BCUT2D eigenvalue weighted by Crippen LogP contribution is 2.48. The highest BCUT2D eigenvalue weighted by molar-refractivity contribution is 6.19. The molecular formula is C46H32N2. The Hall–Kier alpha value is -6.38. The number of fused-ring (bicyclic) bond motifs is 6. The van der Waals surface area contributed by atoms with E-state index in [-0.39, 0.29) is 0 Å². The number of anilines is 6. The van der Waals surface area contributed by atoms with Gasteiger partial charge in [-0.3, -0.25) is 0 Å². The molecule has 0 aliphatic carbocycles. The van der Waals surface area contributed by atoms with Gasteiger partial charge in [0.25, 0.3) is 0 Å². The predicted molar refractivity (Wildman–Crippen MR) is 206 cm³/mol. The van der Waals surface area contributed by atoms with Crippen LogP contribution in [0, 0.1) is 0 Å². The Balaban J connectivity index is 1.30. The zero-order valence-corrected chi connectivity index (χ0v) is 26.4. The van der Waals surface area contributed by atoms with Gasteiger partial charge in [-0.15, -0.1) is 0 Å². The van der Waals surface area contributed by atoms with E-state index in [9.17, 15) is 0 Å². The standard InChI is InChI=1S/C46H32N2/c1-3-17-36(18-4-1)47(38-28-26-33-14-7-8-16-35(33)32-38)45-23-11-12-24-46(45)48(37-19-5-2-6-20-37)44-25-13-22-40-42-29-27-34-15-9-10-21-39(34)41(42)30-31-43(40)44/h1-32H. The lowest BCUT2D eigenvalue weighted by Crippen LogP contribution is -2.17. The molecule has 9 aromatic carbocycles. The van der Waals surface area contributed by atoms with Gasteiger partial charge in [-0.05, 0) is 92.3 Å². The van der Waals surface area contributed by atoms with Crippen molar-refractivity contribution in [2.75, 3.05) is 9.80 Å². The lowest BCUT2D eigenvalue weighted by molar-refractivity contribution is 1.23. The Labute approximate surface area is 280 Å². The minimum Gasteiger partial charge on any atom is -0.308 e. The second kappa shape index (κ2) is 11.8. The zero-order chi connectivity index (χ0) is 31.9. The minimum atomic E-state index is 1.09. The second-order valence-corrected chi connectivity index (χ2v) is 12.2. The third-order valence-electron chi connectivity index (χ3n) is 9.39. The summed E-state index contributed by atoms with van der Waals surface area (Å²) in [7, 11) is 0. The van der Waals surface area contributed by atoms with E-state index >= 15 is 0 Å². The molecule has 0 unspecified atom stereocenters. The van der Waals surface area contributed by atoms with Crippen molar-refractivity contribution in [1.82, 2.24) is 0 Å². The SMILES string of the molecule is c1ccc(N(c2ccc3ccccc3c2)c2ccccc2N(c2ccccc2)c2cccc3c2ccc2c4ccccc4ccc32)cc1. The largest absolute Gasteiger partial charge is 0.308 e. The molecule has 0 fully saturated rings. The average Bonchev–Trinajstić information content (AvgIpc) is 3.16. The van der Waals surface area contributed by atoms with E-state index in [1.165, 1.54) is 43.1 Å². The molecule has 0 atom stereocenters. The summed E-state index contributed by atoms with van der Waals surface area (Å²) in [6.45, 7) is 0. The third-order valence-corrected chi connectivity index (χ3v) is 9.39. The van der Waals surface area contributed by atoms with Crippen LogP contribution in [0.3, 0.4) is 0 Å². The van der Waals surface area contributed by atoms with E-state index in [0.717, 1.165) is 34.1 Å². The van der Waals surface area contributed by atoms with Crippen molar-refractivity contribution in [3.8, 4) is 0 Å². The van der Waals surface area contributed by atoms with Crippen LogP contribution >= 0.6 is 0 Å². The van der Waals surface area contributed by atoms with Gasteiger partial charge in [-0.25, -0.2) is 0 Å². The first-order valence-corrected chi connectivity index (χ1v) is 16.4. The van der Waals surface area contributed by atoms with Gasteiger partial charge < -0.3 is 9.80 Å². The summed E-state index contributed by atoms with van der Waals surface area (Å²) in [4.78, 5) is 4.80. The van der Waals surface area contributed by atoms with Gasteiger partial charge >= 0.3 is 0 Å². The summed E-state index contributed by atoms with van der Waals surface area (Å²) >= 11 is 0. The van der Waals surface area contributed by atoms with Crippen LogP contribution in [0.4, 0.5) is 34.1 Å². The van der Waals surface area contributed by atoms with Gasteiger partial charge in [0.2, 0.25) is 0 Å². The molecule has 2 nitrogen and oxygen atoms in total. The quantitative estimate of drug-likeness (QED) is 0.172. The zero-order valence-electron chi connectivity index (χ0n) is 26.4. The van der Waals surface area contributed by atoms with Gasteiger partial charge in [0.15, 0.2) is 0 Å². The Morgan fingerprint density at radius 1 is 0.229 bits per heavy atom. The van der Waals surface area contributed by atoms with E-state index < -0.39 is 0 Å². The fraction of sp³-hybridized carbons (Fsp3) is 0. The van der Waals surface area contributed by atoms with E-state index in [1.807, 2.05) is 0 Å². The van der Waals surface area contributed by atoms with Crippen molar-refractivity contribution in [1.29, 1.82) is 0 Å². The van der Waals surface area contributed by atoms with Crippen LogP contribution in [0.1, 0.15) is 0 Å². The number of benzene rings is 9. The van der Waals surface area contributed by atoms with Crippen LogP contribution in [0.5, 0.6) is 0 Å². The molecule has 0 heterocycles. The summed E-state index contributed by atoms with van der Waals surface area (Å²) in [6, 6.07) is 70.0. The Kier molecular flexibility index (Phi) is 6.84. The fourth-order valence-electron chi connectivity index (χ4n) is 7.18. The molecule has 0 spiro atoms. The molecule has 226 valence electrons. The highest BCUT2D eigenvalue weighted by atomic mass is 15.2. The number of nitrogens with zero attached hydrogens (tertiary/aromatic N) is 2. The number of hydrogen-bond acceptors (Lipinski definition) is 2. The van der Waals surface area contributed by atoms with Crippen molar-refractivity contribution in [3.05, 3.63) is 194 Å². The summed E-state index contributed by atoms with van der Waals surface area (Å²) in [6.07, 6.45) is 0. The first kappa shape index (κ1) is 27.9. The first-order chi connectivity index (χ1) is 23.8. The van der Waals surface area contributed by atoms with Crippen LogP contribution in [0.15, 0.2) is 194 Å². The predicted octanol–water partition coefficient (Wildman–Crippen LogP) is 13.2. The molecule has 0 aromatic heterocycles. The molecule has 48 heavy (non-hydrogen) atoms. The van der Waals surface area contributed by atoms with Gasteiger partial charge in [0, 0.05) is 22.4 Å². The van der Waals surface area contributed by atoms with Gasteiger partial charge in [0.05, 0.1) is 17.1 Å². The molecule has 0 aliphatic rings. The Bertz CT molecular complexity index is 2570. The van der Waals surface area contributed by atoms with Crippen molar-refractivity contribution < 1.29 is 0 Å². The summed E-state index contributed by atoms with van der Waals surface area (Å²) in [5.41, 5.74) is 6.62. The lowest BCUT2D eigenvalue weighted by atomic mass is 9.96. The normalized spacial score (nSPS) is 11.3. The van der Waals surface area contributed by atoms with Crippen molar-refractivity contribution in [2.24, 2.45) is 0 Å². The monoisotopic (exact) mass is 612 g/mol. The highest BCUT2D eigenvalue weighted by Gasteiger charge is 2.23. The number of para-hydroxylation sites is 4. The Morgan fingerprint density at radius 3 is 1.48 bits per heavy atom. The van der Waals surface area contributed by atoms with Crippen LogP contribution in [-0.2, 0) is 0 Å². The third kappa shape index (κ3) is 4.74. The van der Waals surface area contributed by atoms with E-state index in [1.54, 1.807) is 0 Å². The molecule has 9 rings (SSSR count). The molecule has 0 aliphatic heterocycles. The van der Waals surface area contributed by atoms with Crippen LogP contribution < -0.4 is 9.80 Å². The molecule has 0 radical (unpaired) electrons. The van der Waals surface area contributed by atoms with Crippen molar-refractivity contribution >= 4 is 77.2 Å². The lowest BCUT2D eigenvalue weighted by Gasteiger charge is -2.33. The van der Waals surface area contributed by atoms with Crippen molar-refractivity contribution in [2.45, 2.75) is 0 Å². The molecular weight excluding hydrogens is 581 g/mol. The topological polar surface area (TPSA) is 6.48 Å². The van der Waals surface area contributed by atoms with Gasteiger partial charge in [0.1, 0.15) is 0 Å². The maximum Gasteiger partial charge on any atom is 0.0702 e. The second-order valence-electron chi connectivity index (χ2n) is 12.2. The number of rotatable bonds is 6. The molecule has 9 aromatic rings. The summed E-state index contributed by atoms with van der Waals surface area (Å²) in [5, 5.41) is 9.95. The van der Waals surface area contributed by atoms with E-state index in [4.69, 9.17) is 0 Å². The van der Waals surface area contributed by atoms with E-state index in [2.05, 4.69) is 204 Å². The molecule has 0 bridgehead atoms. The summed E-state index contributed by atoms with van der Waals surface area (Å²) < 4.78 is 0. The summed E-state index contributed by atoms with van der Waals surface area (Å²) in [5.74, 6) is 0. The molecule has 0 saturated heterocycles. The maximum atomic E-state index is 2.42. The van der Waals surface area contributed by atoms with Crippen LogP contribution in [0.2, 0.25) is 0 Å². The Morgan fingerprint density at radius 2 is 0.708 bits per heavy atom. The van der Waals surface area contributed by atoms with Crippen LogP contribution in [0.25, 0.3) is 43.1 Å². The molecule has 2 heteroatoms. The fourth-order valence-corrected chi connectivity index (χ4v) is 7.18. The van der Waals surface area contributed by atoms with E-state index in [0.29, 0.717) is 0 Å². The van der Waals surface area contributed by atoms with Gasteiger partial charge in [-0.2, -0.15) is 0 Å². The molecule has 0 N–H and O–H groups in total. The maximum absolute atomic E-state index is 2.42. The van der Waals surface area contributed by atoms with Gasteiger partial charge in [-0.1, -0.05) is 140 Å². The first-order valence-electron chi connectivity index (χ1n) is 16.4. The average molecular weight is 613 g/mol. The van der Waals surface area contributed by atoms with Crippen LogP contribution in [-0.4, -0.2) is 0 Å².